The van der Waals surface area contributed by atoms with Gasteiger partial charge in [0, 0.05) is 4.90 Å². The summed E-state index contributed by atoms with van der Waals surface area (Å²) >= 11 is 7.37. The Bertz CT molecular complexity index is 345. The predicted octanol–water partition coefficient (Wildman–Crippen LogP) is 1.70. The van der Waals surface area contributed by atoms with E-state index in [0.29, 0.717) is 10.6 Å². The summed E-state index contributed by atoms with van der Waals surface area (Å²) < 4.78 is 0. The monoisotopic (exact) mass is 282 g/mol. The number of halogens is 1. The Morgan fingerprint density at radius 1 is 1.53 bits per heavy atom. The van der Waals surface area contributed by atoms with Crippen LogP contribution in [0, 0.1) is 6.92 Å². The molecule has 0 aromatic heterocycles. The summed E-state index contributed by atoms with van der Waals surface area (Å²) in [5, 5.41) is 0.516. The Morgan fingerprint density at radius 3 is 2.35 bits per heavy atom. The zero-order chi connectivity index (χ0) is 12.6. The average molecular weight is 283 g/mol. The van der Waals surface area contributed by atoms with Gasteiger partial charge in [-0.05, 0) is 18.4 Å². The van der Waals surface area contributed by atoms with Crippen molar-refractivity contribution in [2.45, 2.75) is 24.7 Å². The Morgan fingerprint density at radius 2 is 2.06 bits per heavy atom. The molecule has 1 rings (SSSR count). The third kappa shape index (κ3) is 7.55. The standard InChI is InChI=1S/C8H8ClOPS.C4H9.Li/c1-12-6-4-2-3-5(9)7(6)8(10)11;1-3-4-2;/h2-4H,11H2,1H3;1,3-4H2,2H3;/q;-1;+1. The van der Waals surface area contributed by atoms with Crippen molar-refractivity contribution >= 4 is 38.1 Å². The second kappa shape index (κ2) is 11.6. The molecule has 5 heteroatoms. The molecule has 0 heterocycles. The van der Waals surface area contributed by atoms with Gasteiger partial charge >= 0.3 is 18.9 Å². The molecule has 1 atom stereocenters. The molecule has 17 heavy (non-hydrogen) atoms. The molecule has 1 aromatic carbocycles. The van der Waals surface area contributed by atoms with Crippen LogP contribution in [0.15, 0.2) is 23.1 Å². The Kier molecular flexibility index (Phi) is 13.6. The molecule has 0 saturated carbocycles. The summed E-state index contributed by atoms with van der Waals surface area (Å²) in [6, 6.07) is 5.44. The largest absolute Gasteiger partial charge is 1.00 e. The van der Waals surface area contributed by atoms with Crippen molar-refractivity contribution < 1.29 is 23.7 Å². The quantitative estimate of drug-likeness (QED) is 0.363. The fourth-order valence-electron chi connectivity index (χ4n) is 0.914. The van der Waals surface area contributed by atoms with Crippen LogP contribution in [0.4, 0.5) is 0 Å². The number of hydrogen-bond donors (Lipinski definition) is 0. The van der Waals surface area contributed by atoms with Gasteiger partial charge in [-0.2, -0.15) is 6.42 Å². The number of carbonyl (C=O) groups excluding carboxylic acids is 1. The summed E-state index contributed by atoms with van der Waals surface area (Å²) in [6.07, 6.45) is 4.20. The molecule has 1 aromatic rings. The summed E-state index contributed by atoms with van der Waals surface area (Å²) in [7, 11) is 2.13. The van der Waals surface area contributed by atoms with Gasteiger partial charge in [0.2, 0.25) is 0 Å². The maximum atomic E-state index is 11.1. The van der Waals surface area contributed by atoms with Crippen LogP contribution in [0.3, 0.4) is 0 Å². The van der Waals surface area contributed by atoms with Gasteiger partial charge in [0.15, 0.2) is 5.52 Å². The van der Waals surface area contributed by atoms with Gasteiger partial charge in [0.1, 0.15) is 0 Å². The Balaban J connectivity index is 0. The third-order valence-electron chi connectivity index (χ3n) is 1.80. The number of carbonyl (C=O) groups is 1. The minimum atomic E-state index is -0.0649. The van der Waals surface area contributed by atoms with Gasteiger partial charge in [-0.1, -0.05) is 40.3 Å². The first-order valence-electron chi connectivity index (χ1n) is 5.00. The first-order valence-corrected chi connectivity index (χ1v) is 7.18. The van der Waals surface area contributed by atoms with Gasteiger partial charge < -0.3 is 6.92 Å². The molecule has 0 saturated heterocycles. The fraction of sp³-hybridized carbons (Fsp3) is 0.333. The minimum absolute atomic E-state index is 0. The summed E-state index contributed by atoms with van der Waals surface area (Å²) in [6.45, 7) is 5.72. The molecule has 0 bridgehead atoms. The van der Waals surface area contributed by atoms with Gasteiger partial charge in [-0.15, -0.1) is 11.8 Å². The van der Waals surface area contributed by atoms with Crippen molar-refractivity contribution in [2.75, 3.05) is 6.26 Å². The smallest absolute Gasteiger partial charge is 0.343 e. The van der Waals surface area contributed by atoms with E-state index in [1.54, 1.807) is 6.07 Å². The van der Waals surface area contributed by atoms with E-state index in [1.165, 1.54) is 18.2 Å². The molecule has 0 N–H and O–H groups in total. The maximum Gasteiger partial charge on any atom is 1.00 e. The minimum Gasteiger partial charge on any atom is -0.343 e. The van der Waals surface area contributed by atoms with Crippen LogP contribution in [0.1, 0.15) is 30.1 Å². The van der Waals surface area contributed by atoms with E-state index in [0.717, 1.165) is 11.3 Å². The second-order valence-corrected chi connectivity index (χ2v) is 4.81. The first kappa shape index (κ1) is 19.9. The van der Waals surface area contributed by atoms with Crippen LogP contribution in [-0.2, 0) is 0 Å². The van der Waals surface area contributed by atoms with Crippen LogP contribution in [0.2, 0.25) is 5.02 Å². The van der Waals surface area contributed by atoms with Crippen molar-refractivity contribution in [1.82, 2.24) is 0 Å². The molecule has 0 amide bonds. The normalized spacial score (nSPS) is 8.76. The Hall–Kier alpha value is 0.557. The van der Waals surface area contributed by atoms with Crippen LogP contribution in [0.5, 0.6) is 0 Å². The van der Waals surface area contributed by atoms with Crippen LogP contribution in [-0.4, -0.2) is 11.8 Å². The van der Waals surface area contributed by atoms with Gasteiger partial charge in [-0.25, -0.2) is 0 Å². The van der Waals surface area contributed by atoms with Crippen molar-refractivity contribution in [3.8, 4) is 0 Å². The molecule has 1 nitrogen and oxygen atoms in total. The zero-order valence-electron chi connectivity index (χ0n) is 10.6. The molecule has 0 aliphatic heterocycles. The maximum absolute atomic E-state index is 11.1. The number of unbranched alkanes of at least 4 members (excludes halogenated alkanes) is 1. The molecule has 0 radical (unpaired) electrons. The van der Waals surface area contributed by atoms with E-state index in [4.69, 9.17) is 11.6 Å². The fourth-order valence-corrected chi connectivity index (χ4v) is 2.37. The summed E-state index contributed by atoms with van der Waals surface area (Å²) in [5.74, 6) is 0. The molecule has 0 aliphatic rings. The van der Waals surface area contributed by atoms with E-state index < -0.39 is 0 Å². The topological polar surface area (TPSA) is 17.1 Å². The zero-order valence-corrected chi connectivity index (χ0v) is 13.4. The first-order chi connectivity index (χ1) is 7.58. The second-order valence-electron chi connectivity index (χ2n) is 3.03. The van der Waals surface area contributed by atoms with E-state index in [2.05, 4.69) is 23.1 Å². The van der Waals surface area contributed by atoms with Gasteiger partial charge in [-0.3, -0.25) is 4.79 Å². The molecule has 0 fully saturated rings. The molecule has 0 spiro atoms. The van der Waals surface area contributed by atoms with Crippen molar-refractivity contribution in [3.05, 3.63) is 35.7 Å². The van der Waals surface area contributed by atoms with Crippen LogP contribution in [0.25, 0.3) is 0 Å². The SMILES string of the molecule is CSc1cccc(Cl)c1C(=O)P.[CH2-]CCC.[Li+]. The third-order valence-corrected chi connectivity index (χ3v) is 3.18. The number of rotatable bonds is 3. The Labute approximate surface area is 128 Å². The summed E-state index contributed by atoms with van der Waals surface area (Å²) in [4.78, 5) is 12.0. The number of benzene rings is 1. The van der Waals surface area contributed by atoms with E-state index >= 15 is 0 Å². The number of thioether (sulfide) groups is 1. The molecular weight excluding hydrogens is 266 g/mol. The number of hydrogen-bond acceptors (Lipinski definition) is 2. The summed E-state index contributed by atoms with van der Waals surface area (Å²) in [5.41, 5.74) is 0.529. The molecule has 1 unspecified atom stereocenters. The molecular formula is C12H17ClLiOPS. The van der Waals surface area contributed by atoms with E-state index in [-0.39, 0.29) is 24.4 Å². The predicted molar refractivity (Wildman–Crippen MR) is 77.5 cm³/mol. The van der Waals surface area contributed by atoms with Crippen molar-refractivity contribution in [2.24, 2.45) is 0 Å². The van der Waals surface area contributed by atoms with Crippen molar-refractivity contribution in [1.29, 1.82) is 0 Å². The average Bonchev–Trinajstić information content (AvgIpc) is 2.28. The van der Waals surface area contributed by atoms with Crippen LogP contribution < -0.4 is 18.9 Å². The van der Waals surface area contributed by atoms with E-state index in [9.17, 15) is 4.79 Å². The van der Waals surface area contributed by atoms with Gasteiger partial charge in [0.05, 0.1) is 10.6 Å². The molecule has 90 valence electrons. The van der Waals surface area contributed by atoms with Crippen LogP contribution >= 0.6 is 32.6 Å². The molecule has 0 aliphatic carbocycles. The van der Waals surface area contributed by atoms with Gasteiger partial charge in [0.25, 0.3) is 0 Å². The van der Waals surface area contributed by atoms with E-state index in [1.807, 2.05) is 18.4 Å². The van der Waals surface area contributed by atoms with Crippen molar-refractivity contribution in [3.63, 3.8) is 0 Å².